The summed E-state index contributed by atoms with van der Waals surface area (Å²) in [5.41, 5.74) is 0. The molecule has 1 saturated heterocycles. The van der Waals surface area contributed by atoms with Gasteiger partial charge in [0, 0.05) is 12.8 Å². The van der Waals surface area contributed by atoms with Crippen LogP contribution in [0.15, 0.2) is 12.2 Å². The van der Waals surface area contributed by atoms with Gasteiger partial charge in [-0.1, -0.05) is 437 Å². The second kappa shape index (κ2) is 76.5. The van der Waals surface area contributed by atoms with Crippen LogP contribution >= 0.6 is 0 Å². The quantitative estimate of drug-likeness (QED) is 0.0195. The van der Waals surface area contributed by atoms with Crippen LogP contribution in [0.25, 0.3) is 0 Å². The van der Waals surface area contributed by atoms with E-state index in [1.165, 1.54) is 392 Å². The van der Waals surface area contributed by atoms with Crippen LogP contribution in [0.2, 0.25) is 0 Å². The van der Waals surface area contributed by atoms with Gasteiger partial charge in [0.1, 0.15) is 24.4 Å². The maximum Gasteiger partial charge on any atom is 0.305 e. The minimum absolute atomic E-state index is 0.0237. The maximum absolute atomic E-state index is 13.1. The predicted octanol–water partition coefficient (Wildman–Crippen LogP) is 24.5. The van der Waals surface area contributed by atoms with Crippen molar-refractivity contribution < 1.29 is 49.3 Å². The first-order valence-electron chi connectivity index (χ1n) is 44.0. The molecule has 0 bridgehead atoms. The molecule has 11 heteroatoms. The van der Waals surface area contributed by atoms with Crippen LogP contribution < -0.4 is 5.32 Å². The summed E-state index contributed by atoms with van der Waals surface area (Å²) in [6.45, 7) is 4.43. The first-order chi connectivity index (χ1) is 48.2. The Morgan fingerprint density at radius 2 is 0.643 bits per heavy atom. The first-order valence-corrected chi connectivity index (χ1v) is 44.0. The maximum atomic E-state index is 13.1. The van der Waals surface area contributed by atoms with E-state index >= 15 is 0 Å². The van der Waals surface area contributed by atoms with Crippen molar-refractivity contribution in [3.05, 3.63) is 12.2 Å². The van der Waals surface area contributed by atoms with Gasteiger partial charge in [-0.3, -0.25) is 9.59 Å². The van der Waals surface area contributed by atoms with Gasteiger partial charge in [0.15, 0.2) is 6.29 Å². The molecule has 582 valence electrons. The molecule has 0 aromatic carbocycles. The topological polar surface area (TPSA) is 175 Å². The molecule has 0 aromatic rings. The van der Waals surface area contributed by atoms with E-state index in [-0.39, 0.29) is 18.5 Å². The van der Waals surface area contributed by atoms with Crippen molar-refractivity contribution >= 4 is 11.9 Å². The zero-order valence-electron chi connectivity index (χ0n) is 65.3. The number of rotatable bonds is 80. The van der Waals surface area contributed by atoms with Crippen molar-refractivity contribution in [3.8, 4) is 0 Å². The van der Waals surface area contributed by atoms with Crippen LogP contribution in [0.4, 0.5) is 0 Å². The second-order valence-electron chi connectivity index (χ2n) is 31.0. The molecule has 1 fully saturated rings. The number of aliphatic hydroxyl groups is 5. The molecule has 11 nitrogen and oxygen atoms in total. The Balaban J connectivity index is 1.85. The van der Waals surface area contributed by atoms with Crippen LogP contribution in [0.3, 0.4) is 0 Å². The molecule has 98 heavy (non-hydrogen) atoms. The highest BCUT2D eigenvalue weighted by molar-refractivity contribution is 5.76. The number of carbonyl (C=O) groups is 2. The summed E-state index contributed by atoms with van der Waals surface area (Å²) in [5.74, 6) is -0.148. The van der Waals surface area contributed by atoms with Crippen molar-refractivity contribution in [3.63, 3.8) is 0 Å². The Morgan fingerprint density at radius 1 is 0.367 bits per heavy atom. The SMILES string of the molecule is CCCCCCCCCCCCCC/C=C/C(O)C(COC1OC(CO)C(O)C(O)C1O)NC(=O)CCCCCCCCCCCCCCCCCCCCCCCCCCCCCCCCCCCCCCCCCOC(=O)CCCCCCCCCCCCCCCCCCC. The van der Waals surface area contributed by atoms with Gasteiger partial charge in [0.2, 0.25) is 5.91 Å². The Bertz CT molecular complexity index is 1630. The highest BCUT2D eigenvalue weighted by atomic mass is 16.7. The lowest BCUT2D eigenvalue weighted by molar-refractivity contribution is -0.302. The Hall–Kier alpha value is -1.60. The van der Waals surface area contributed by atoms with Gasteiger partial charge < -0.3 is 45.1 Å². The lowest BCUT2D eigenvalue weighted by Gasteiger charge is -2.40. The summed E-state index contributed by atoms with van der Waals surface area (Å²) in [6.07, 6.45) is 88.5. The number of hydrogen-bond donors (Lipinski definition) is 6. The second-order valence-corrected chi connectivity index (χ2v) is 31.0. The fraction of sp³-hybridized carbons (Fsp3) is 0.954. The third-order valence-corrected chi connectivity index (χ3v) is 21.4. The van der Waals surface area contributed by atoms with Gasteiger partial charge in [0.25, 0.3) is 0 Å². The molecule has 7 atom stereocenters. The number of esters is 1. The van der Waals surface area contributed by atoms with Gasteiger partial charge >= 0.3 is 5.97 Å². The van der Waals surface area contributed by atoms with Crippen molar-refractivity contribution in [2.45, 2.75) is 513 Å². The Kier molecular flexibility index (Phi) is 73.7. The summed E-state index contributed by atoms with van der Waals surface area (Å²) < 4.78 is 16.8. The van der Waals surface area contributed by atoms with Crippen LogP contribution in [0, 0.1) is 0 Å². The summed E-state index contributed by atoms with van der Waals surface area (Å²) in [7, 11) is 0. The normalized spacial score (nSPS) is 17.2. The number of ether oxygens (including phenoxy) is 3. The molecule has 0 aliphatic carbocycles. The molecule has 0 aromatic heterocycles. The molecular formula is C87H169NO10. The molecule has 6 N–H and O–H groups in total. The molecule has 0 radical (unpaired) electrons. The summed E-state index contributed by atoms with van der Waals surface area (Å²) in [4.78, 5) is 25.2. The van der Waals surface area contributed by atoms with E-state index < -0.39 is 49.5 Å². The molecule has 7 unspecified atom stereocenters. The summed E-state index contributed by atoms with van der Waals surface area (Å²) in [6, 6.07) is -0.805. The van der Waals surface area contributed by atoms with E-state index in [0.717, 1.165) is 51.4 Å². The van der Waals surface area contributed by atoms with Crippen LogP contribution in [-0.2, 0) is 23.8 Å². The van der Waals surface area contributed by atoms with E-state index in [2.05, 4.69) is 19.2 Å². The number of nitrogens with one attached hydrogen (secondary N) is 1. The third kappa shape index (κ3) is 64.0. The van der Waals surface area contributed by atoms with Crippen molar-refractivity contribution in [1.29, 1.82) is 0 Å². The monoisotopic (exact) mass is 1390 g/mol. The molecule has 0 saturated carbocycles. The number of carbonyl (C=O) groups excluding carboxylic acids is 2. The van der Waals surface area contributed by atoms with Gasteiger partial charge in [-0.15, -0.1) is 0 Å². The van der Waals surface area contributed by atoms with Crippen molar-refractivity contribution in [2.24, 2.45) is 0 Å². The minimum atomic E-state index is -1.57. The zero-order valence-corrected chi connectivity index (χ0v) is 65.3. The van der Waals surface area contributed by atoms with Gasteiger partial charge in [-0.2, -0.15) is 0 Å². The summed E-state index contributed by atoms with van der Waals surface area (Å²) in [5, 5.41) is 54.7. The van der Waals surface area contributed by atoms with Crippen LogP contribution in [0.1, 0.15) is 470 Å². The highest BCUT2D eigenvalue weighted by Gasteiger charge is 2.44. The fourth-order valence-corrected chi connectivity index (χ4v) is 14.6. The van der Waals surface area contributed by atoms with E-state index in [1.54, 1.807) is 6.08 Å². The van der Waals surface area contributed by atoms with Crippen LogP contribution in [0.5, 0.6) is 0 Å². The lowest BCUT2D eigenvalue weighted by Crippen LogP contribution is -2.60. The Morgan fingerprint density at radius 3 is 0.949 bits per heavy atom. The van der Waals surface area contributed by atoms with Crippen molar-refractivity contribution in [2.75, 3.05) is 19.8 Å². The molecule has 0 spiro atoms. The van der Waals surface area contributed by atoms with E-state index in [0.29, 0.717) is 19.4 Å². The molecule has 1 heterocycles. The first kappa shape index (κ1) is 94.4. The van der Waals surface area contributed by atoms with Crippen LogP contribution in [-0.4, -0.2) is 100 Å². The minimum Gasteiger partial charge on any atom is -0.466 e. The predicted molar refractivity (Wildman–Crippen MR) is 417 cm³/mol. The van der Waals surface area contributed by atoms with E-state index in [4.69, 9.17) is 14.2 Å². The van der Waals surface area contributed by atoms with Gasteiger partial charge in [0.05, 0.1) is 32.0 Å². The lowest BCUT2D eigenvalue weighted by atomic mass is 9.99. The average molecular weight is 1390 g/mol. The smallest absolute Gasteiger partial charge is 0.305 e. The zero-order chi connectivity index (χ0) is 70.8. The number of amides is 1. The standard InChI is InChI=1S/C87H169NO10/c1-3-5-7-9-11-13-15-17-19-43-47-51-55-59-63-67-71-75-83(92)96-76-72-68-64-60-56-52-48-45-42-40-38-36-34-32-30-28-26-24-22-20-21-23-25-27-29-31-33-35-37-39-41-44-46-50-54-58-62-66-70-74-82(91)88-79(78-97-87-86(95)85(94)84(93)81(77-89)98-87)80(90)73-69-65-61-57-53-49-18-16-14-12-10-8-6-4-2/h69,73,79-81,84-87,89-90,93-95H,3-68,70-72,74-78H2,1-2H3,(H,88,91)/b73-69+. The van der Waals surface area contributed by atoms with Gasteiger partial charge in [-0.05, 0) is 32.1 Å². The Labute approximate surface area is 608 Å². The van der Waals surface area contributed by atoms with E-state index in [1.807, 2.05) is 6.08 Å². The summed E-state index contributed by atoms with van der Waals surface area (Å²) >= 11 is 0. The van der Waals surface area contributed by atoms with E-state index in [9.17, 15) is 35.1 Å². The number of hydrogen-bond acceptors (Lipinski definition) is 10. The molecular weight excluding hydrogens is 1220 g/mol. The van der Waals surface area contributed by atoms with Gasteiger partial charge in [-0.25, -0.2) is 0 Å². The molecule has 1 rings (SSSR count). The molecule has 1 aliphatic heterocycles. The molecule has 1 aliphatic rings. The number of aliphatic hydroxyl groups excluding tert-OH is 5. The largest absolute Gasteiger partial charge is 0.466 e. The number of unbranched alkanes of at least 4 members (excludes halogenated alkanes) is 66. The molecule has 1 amide bonds. The third-order valence-electron chi connectivity index (χ3n) is 21.4. The highest BCUT2D eigenvalue weighted by Crippen LogP contribution is 2.25. The average Bonchev–Trinajstić information content (AvgIpc) is 0.823. The fourth-order valence-electron chi connectivity index (χ4n) is 14.6. The number of allylic oxidation sites excluding steroid dienone is 1. The van der Waals surface area contributed by atoms with Crippen molar-refractivity contribution in [1.82, 2.24) is 5.32 Å².